The molecule has 1 aromatic rings. The molecule has 1 saturated carbocycles. The van der Waals surface area contributed by atoms with E-state index in [2.05, 4.69) is 10.00 Å². The lowest BCUT2D eigenvalue weighted by molar-refractivity contribution is 0.0872. The van der Waals surface area contributed by atoms with E-state index in [1.807, 2.05) is 14.1 Å². The number of likely N-dealkylation sites (N-methyl/N-ethyl adjacent to an activating group) is 1. The molecule has 2 rings (SSSR count). The van der Waals surface area contributed by atoms with Crippen molar-refractivity contribution in [2.75, 3.05) is 20.6 Å². The minimum Gasteiger partial charge on any atom is -0.328 e. The van der Waals surface area contributed by atoms with Gasteiger partial charge in [-0.15, -0.1) is 0 Å². The van der Waals surface area contributed by atoms with Gasteiger partial charge in [0.2, 0.25) is 0 Å². The number of carbonyl (C=O) groups is 1. The minimum atomic E-state index is 0.0436. The standard InChI is InChI=1S/C14H23ClN4O/c1-18(2)7-8-19-13(12(15)9-17-19)14(20)10-3-5-11(16)6-4-10/h9-11H,3-8,16H2,1-2H3. The van der Waals surface area contributed by atoms with Crippen molar-refractivity contribution in [1.29, 1.82) is 0 Å². The van der Waals surface area contributed by atoms with Crippen LogP contribution in [-0.2, 0) is 6.54 Å². The fourth-order valence-corrected chi connectivity index (χ4v) is 2.88. The predicted molar refractivity (Wildman–Crippen MR) is 80.1 cm³/mol. The molecule has 2 N–H and O–H groups in total. The number of ketones is 1. The SMILES string of the molecule is CN(C)CCn1ncc(Cl)c1C(=O)C1CCC(N)CC1. The molecule has 5 nitrogen and oxygen atoms in total. The van der Waals surface area contributed by atoms with Crippen LogP contribution in [0.1, 0.15) is 36.2 Å². The smallest absolute Gasteiger partial charge is 0.185 e. The van der Waals surface area contributed by atoms with Crippen LogP contribution >= 0.6 is 11.6 Å². The number of nitrogens with two attached hydrogens (primary N) is 1. The Morgan fingerprint density at radius 1 is 1.45 bits per heavy atom. The summed E-state index contributed by atoms with van der Waals surface area (Å²) in [6.45, 7) is 1.50. The van der Waals surface area contributed by atoms with Gasteiger partial charge >= 0.3 is 0 Å². The maximum absolute atomic E-state index is 12.7. The molecule has 0 atom stereocenters. The van der Waals surface area contributed by atoms with Crippen molar-refractivity contribution >= 4 is 17.4 Å². The molecule has 1 aliphatic rings. The second-order valence-corrected chi connectivity index (χ2v) is 6.25. The average molecular weight is 299 g/mol. The Hall–Kier alpha value is -0.910. The zero-order valence-electron chi connectivity index (χ0n) is 12.2. The Bertz CT molecular complexity index is 464. The molecule has 1 heterocycles. The Morgan fingerprint density at radius 2 is 2.10 bits per heavy atom. The van der Waals surface area contributed by atoms with Crippen LogP contribution in [0.5, 0.6) is 0 Å². The van der Waals surface area contributed by atoms with Gasteiger partial charge in [0.1, 0.15) is 5.69 Å². The maximum atomic E-state index is 12.7. The lowest BCUT2D eigenvalue weighted by atomic mass is 9.83. The van der Waals surface area contributed by atoms with Gasteiger partial charge in [0.15, 0.2) is 5.78 Å². The van der Waals surface area contributed by atoms with Gasteiger partial charge in [-0.3, -0.25) is 9.48 Å². The first-order chi connectivity index (χ1) is 9.49. The van der Waals surface area contributed by atoms with Crippen LogP contribution < -0.4 is 5.73 Å². The molecule has 0 unspecified atom stereocenters. The normalized spacial score (nSPS) is 23.2. The number of hydrogen-bond acceptors (Lipinski definition) is 4. The molecule has 0 radical (unpaired) electrons. The van der Waals surface area contributed by atoms with Crippen molar-refractivity contribution in [1.82, 2.24) is 14.7 Å². The molecule has 0 aliphatic heterocycles. The Morgan fingerprint density at radius 3 is 2.70 bits per heavy atom. The van der Waals surface area contributed by atoms with Gasteiger partial charge in [-0.25, -0.2) is 0 Å². The fourth-order valence-electron chi connectivity index (χ4n) is 2.65. The summed E-state index contributed by atoms with van der Waals surface area (Å²) in [6.07, 6.45) is 5.11. The molecule has 20 heavy (non-hydrogen) atoms. The molecular weight excluding hydrogens is 276 g/mol. The molecule has 0 saturated heterocycles. The van der Waals surface area contributed by atoms with E-state index >= 15 is 0 Å². The van der Waals surface area contributed by atoms with Gasteiger partial charge in [-0.1, -0.05) is 11.6 Å². The Kier molecular flexibility index (Phi) is 5.18. The third kappa shape index (κ3) is 3.59. The van der Waals surface area contributed by atoms with Crippen LogP contribution in [0.25, 0.3) is 0 Å². The number of rotatable bonds is 5. The van der Waals surface area contributed by atoms with Crippen LogP contribution in [0.15, 0.2) is 6.20 Å². The van der Waals surface area contributed by atoms with Gasteiger partial charge in [0.25, 0.3) is 0 Å². The average Bonchev–Trinajstić information content (AvgIpc) is 2.77. The first kappa shape index (κ1) is 15.5. The summed E-state index contributed by atoms with van der Waals surface area (Å²) in [5.41, 5.74) is 6.46. The molecular formula is C14H23ClN4O. The third-order valence-corrected chi connectivity index (χ3v) is 4.21. The second kappa shape index (κ2) is 6.70. The highest BCUT2D eigenvalue weighted by atomic mass is 35.5. The first-order valence-corrected chi connectivity index (χ1v) is 7.52. The molecule has 1 fully saturated rings. The monoisotopic (exact) mass is 298 g/mol. The Balaban J connectivity index is 2.10. The topological polar surface area (TPSA) is 64.2 Å². The number of Topliss-reactive ketones (excluding diaryl/α,β-unsaturated/α-hetero) is 1. The summed E-state index contributed by atoms with van der Waals surface area (Å²) < 4.78 is 1.74. The number of halogens is 1. The molecule has 0 amide bonds. The van der Waals surface area contributed by atoms with Gasteiger partial charge in [0, 0.05) is 18.5 Å². The van der Waals surface area contributed by atoms with E-state index in [0.717, 1.165) is 32.2 Å². The molecule has 1 aliphatic carbocycles. The van der Waals surface area contributed by atoms with Crippen LogP contribution in [0.2, 0.25) is 5.02 Å². The zero-order chi connectivity index (χ0) is 14.7. The van der Waals surface area contributed by atoms with Crippen LogP contribution in [0.4, 0.5) is 0 Å². The van der Waals surface area contributed by atoms with Crippen LogP contribution in [-0.4, -0.2) is 47.1 Å². The summed E-state index contributed by atoms with van der Waals surface area (Å²) in [6, 6.07) is 0.244. The van der Waals surface area contributed by atoms with Gasteiger partial charge < -0.3 is 10.6 Å². The summed E-state index contributed by atoms with van der Waals surface area (Å²) in [7, 11) is 3.99. The van der Waals surface area contributed by atoms with Gasteiger partial charge in [0.05, 0.1) is 17.8 Å². The van der Waals surface area contributed by atoms with Crippen molar-refractivity contribution in [3.63, 3.8) is 0 Å². The lowest BCUT2D eigenvalue weighted by Crippen LogP contribution is -2.31. The second-order valence-electron chi connectivity index (χ2n) is 5.84. The molecule has 112 valence electrons. The Labute approximate surface area is 125 Å². The van der Waals surface area contributed by atoms with Crippen molar-refractivity contribution in [3.8, 4) is 0 Å². The molecule has 1 aromatic heterocycles. The number of hydrogen-bond donors (Lipinski definition) is 1. The summed E-state index contributed by atoms with van der Waals surface area (Å²) in [4.78, 5) is 14.7. The number of aromatic nitrogens is 2. The summed E-state index contributed by atoms with van der Waals surface area (Å²) >= 11 is 6.16. The largest absolute Gasteiger partial charge is 0.328 e. The fraction of sp³-hybridized carbons (Fsp3) is 0.714. The highest BCUT2D eigenvalue weighted by Gasteiger charge is 2.29. The van der Waals surface area contributed by atoms with E-state index in [1.54, 1.807) is 10.9 Å². The van der Waals surface area contributed by atoms with Crippen molar-refractivity contribution in [2.24, 2.45) is 11.7 Å². The molecule has 0 spiro atoms. The minimum absolute atomic E-state index is 0.0436. The van der Waals surface area contributed by atoms with Crippen LogP contribution in [0, 0.1) is 5.92 Å². The van der Waals surface area contributed by atoms with E-state index in [9.17, 15) is 4.79 Å². The maximum Gasteiger partial charge on any atom is 0.185 e. The van der Waals surface area contributed by atoms with E-state index in [-0.39, 0.29) is 17.7 Å². The van der Waals surface area contributed by atoms with Gasteiger partial charge in [-0.2, -0.15) is 5.10 Å². The summed E-state index contributed by atoms with van der Waals surface area (Å²) in [5, 5.41) is 4.69. The number of carbonyl (C=O) groups excluding carboxylic acids is 1. The van der Waals surface area contributed by atoms with E-state index < -0.39 is 0 Å². The van der Waals surface area contributed by atoms with Crippen molar-refractivity contribution in [3.05, 3.63) is 16.9 Å². The summed E-state index contributed by atoms with van der Waals surface area (Å²) in [5.74, 6) is 0.167. The highest BCUT2D eigenvalue weighted by molar-refractivity contribution is 6.33. The molecule has 0 bridgehead atoms. The zero-order valence-corrected chi connectivity index (χ0v) is 12.9. The number of nitrogens with zero attached hydrogens (tertiary/aromatic N) is 3. The van der Waals surface area contributed by atoms with Gasteiger partial charge in [-0.05, 0) is 39.8 Å². The first-order valence-electron chi connectivity index (χ1n) is 7.15. The quantitative estimate of drug-likeness (QED) is 0.842. The third-order valence-electron chi connectivity index (χ3n) is 3.93. The predicted octanol–water partition coefficient (Wildman–Crippen LogP) is 1.80. The van der Waals surface area contributed by atoms with Crippen molar-refractivity contribution < 1.29 is 4.79 Å². The lowest BCUT2D eigenvalue weighted by Gasteiger charge is -2.25. The van der Waals surface area contributed by atoms with E-state index in [1.165, 1.54) is 0 Å². The van der Waals surface area contributed by atoms with E-state index in [4.69, 9.17) is 17.3 Å². The highest BCUT2D eigenvalue weighted by Crippen LogP contribution is 2.29. The molecule has 0 aromatic carbocycles. The molecule has 6 heteroatoms. The van der Waals surface area contributed by atoms with Crippen LogP contribution in [0.3, 0.4) is 0 Å². The van der Waals surface area contributed by atoms with Crippen molar-refractivity contribution in [2.45, 2.75) is 38.3 Å². The van der Waals surface area contributed by atoms with E-state index in [0.29, 0.717) is 17.3 Å².